The zero-order valence-electron chi connectivity index (χ0n) is 8.93. The van der Waals surface area contributed by atoms with Gasteiger partial charge in [0, 0.05) is 11.5 Å². The summed E-state index contributed by atoms with van der Waals surface area (Å²) in [7, 11) is -3.56. The highest BCUT2D eigenvalue weighted by molar-refractivity contribution is 7.86. The molecule has 3 N–H and O–H groups in total. The first-order chi connectivity index (χ1) is 7.85. The summed E-state index contributed by atoms with van der Waals surface area (Å²) in [5.74, 6) is 0.202. The van der Waals surface area contributed by atoms with E-state index in [-0.39, 0.29) is 17.3 Å². The van der Waals surface area contributed by atoms with Gasteiger partial charge in [-0.3, -0.25) is 5.41 Å². The van der Waals surface area contributed by atoms with Crippen molar-refractivity contribution < 1.29 is 17.0 Å². The van der Waals surface area contributed by atoms with Gasteiger partial charge in [-0.25, -0.2) is 0 Å². The van der Waals surface area contributed by atoms with E-state index in [0.717, 1.165) is 11.6 Å². The fourth-order valence-electron chi connectivity index (χ4n) is 1.37. The summed E-state index contributed by atoms with van der Waals surface area (Å²) < 4.78 is 31.9. The molecule has 0 radical (unpaired) electrons. The van der Waals surface area contributed by atoms with E-state index in [1.165, 1.54) is 12.1 Å². The molecule has 1 aromatic heterocycles. The lowest BCUT2D eigenvalue weighted by molar-refractivity contribution is 0.492. The third kappa shape index (κ3) is 2.56. The molecule has 0 atom stereocenters. The van der Waals surface area contributed by atoms with Crippen molar-refractivity contribution in [3.8, 4) is 5.75 Å². The Morgan fingerprint density at radius 3 is 2.71 bits per heavy atom. The standard InChI is InChI=1S/C10H10N2O4S/c1-17(13,14)16-7-3-2-6-4-9(10(11)12)15-8(6)5-7/h2-5H,1H3,(H3,11,12). The van der Waals surface area contributed by atoms with Crippen LogP contribution in [0.2, 0.25) is 0 Å². The molecule has 1 heterocycles. The molecule has 0 aliphatic heterocycles. The number of fused-ring (bicyclic) bond motifs is 1. The number of amidine groups is 1. The predicted octanol–water partition coefficient (Wildman–Crippen LogP) is 1.06. The van der Waals surface area contributed by atoms with E-state index in [9.17, 15) is 8.42 Å². The van der Waals surface area contributed by atoms with Crippen molar-refractivity contribution >= 4 is 26.9 Å². The predicted molar refractivity (Wildman–Crippen MR) is 62.7 cm³/mol. The number of hydrogen-bond donors (Lipinski definition) is 2. The van der Waals surface area contributed by atoms with Crippen LogP contribution in [0.4, 0.5) is 0 Å². The largest absolute Gasteiger partial charge is 0.453 e. The molecular weight excluding hydrogens is 244 g/mol. The van der Waals surface area contributed by atoms with E-state index in [0.29, 0.717) is 5.58 Å². The van der Waals surface area contributed by atoms with Crippen molar-refractivity contribution in [2.24, 2.45) is 5.73 Å². The summed E-state index contributed by atoms with van der Waals surface area (Å²) in [5.41, 5.74) is 5.69. The van der Waals surface area contributed by atoms with E-state index in [4.69, 9.17) is 19.7 Å². The second-order valence-corrected chi connectivity index (χ2v) is 5.09. The molecule has 0 saturated carbocycles. The first kappa shape index (κ1) is 11.5. The molecule has 0 fully saturated rings. The van der Waals surface area contributed by atoms with Crippen molar-refractivity contribution in [3.63, 3.8) is 0 Å². The van der Waals surface area contributed by atoms with Crippen molar-refractivity contribution in [1.82, 2.24) is 0 Å². The maximum absolute atomic E-state index is 10.9. The van der Waals surface area contributed by atoms with Crippen molar-refractivity contribution in [2.75, 3.05) is 6.26 Å². The first-order valence-corrected chi connectivity index (χ1v) is 6.44. The Hall–Kier alpha value is -2.02. The van der Waals surface area contributed by atoms with Gasteiger partial charge in [0.1, 0.15) is 11.3 Å². The highest BCUT2D eigenvalue weighted by Crippen LogP contribution is 2.24. The van der Waals surface area contributed by atoms with Gasteiger partial charge in [0.2, 0.25) is 0 Å². The second kappa shape index (κ2) is 3.77. The molecular formula is C10H10N2O4S. The van der Waals surface area contributed by atoms with Crippen LogP contribution in [0.5, 0.6) is 5.75 Å². The van der Waals surface area contributed by atoms with Crippen LogP contribution < -0.4 is 9.92 Å². The lowest BCUT2D eigenvalue weighted by atomic mass is 10.2. The summed E-state index contributed by atoms with van der Waals surface area (Å²) in [6, 6.07) is 6.17. The van der Waals surface area contributed by atoms with Crippen LogP contribution in [-0.2, 0) is 10.1 Å². The summed E-state index contributed by atoms with van der Waals surface area (Å²) in [4.78, 5) is 0. The zero-order valence-corrected chi connectivity index (χ0v) is 9.74. The number of nitrogens with one attached hydrogen (secondary N) is 1. The smallest absolute Gasteiger partial charge is 0.306 e. The fourth-order valence-corrected chi connectivity index (χ4v) is 1.82. The van der Waals surface area contributed by atoms with Crippen LogP contribution in [0.25, 0.3) is 11.0 Å². The molecule has 2 aromatic rings. The van der Waals surface area contributed by atoms with Gasteiger partial charge in [-0.2, -0.15) is 8.42 Å². The summed E-state index contributed by atoms with van der Waals surface area (Å²) in [5, 5.41) is 7.94. The maximum Gasteiger partial charge on any atom is 0.306 e. The van der Waals surface area contributed by atoms with E-state index in [1.807, 2.05) is 0 Å². The number of rotatable bonds is 3. The Balaban J connectivity index is 2.47. The average molecular weight is 254 g/mol. The summed E-state index contributed by atoms with van der Waals surface area (Å²) in [6.45, 7) is 0. The molecule has 1 aromatic carbocycles. The monoisotopic (exact) mass is 254 g/mol. The Bertz CT molecular complexity index is 687. The van der Waals surface area contributed by atoms with Gasteiger partial charge in [-0.05, 0) is 18.2 Å². The molecule has 17 heavy (non-hydrogen) atoms. The lowest BCUT2D eigenvalue weighted by Crippen LogP contribution is -2.09. The van der Waals surface area contributed by atoms with Gasteiger partial charge in [0.25, 0.3) is 0 Å². The molecule has 7 heteroatoms. The topological polar surface area (TPSA) is 106 Å². The first-order valence-electron chi connectivity index (χ1n) is 4.62. The molecule has 0 saturated heterocycles. The molecule has 0 bridgehead atoms. The highest BCUT2D eigenvalue weighted by Gasteiger charge is 2.09. The molecule has 90 valence electrons. The molecule has 0 spiro atoms. The van der Waals surface area contributed by atoms with E-state index < -0.39 is 10.1 Å². The third-order valence-electron chi connectivity index (χ3n) is 2.00. The number of hydrogen-bond acceptors (Lipinski definition) is 5. The van der Waals surface area contributed by atoms with Gasteiger partial charge in [0.15, 0.2) is 11.6 Å². The summed E-state index contributed by atoms with van der Waals surface area (Å²) in [6.07, 6.45) is 0.959. The van der Waals surface area contributed by atoms with Crippen LogP contribution in [0.3, 0.4) is 0 Å². The number of nitrogen functional groups attached to an aromatic ring is 1. The van der Waals surface area contributed by atoms with Crippen LogP contribution >= 0.6 is 0 Å². The van der Waals surface area contributed by atoms with Gasteiger partial charge < -0.3 is 14.3 Å². The highest BCUT2D eigenvalue weighted by atomic mass is 32.2. The molecule has 6 nitrogen and oxygen atoms in total. The number of benzene rings is 1. The van der Waals surface area contributed by atoms with Crippen molar-refractivity contribution in [1.29, 1.82) is 5.41 Å². The average Bonchev–Trinajstić information content (AvgIpc) is 2.57. The Morgan fingerprint density at radius 2 is 2.12 bits per heavy atom. The van der Waals surface area contributed by atoms with Gasteiger partial charge in [-0.15, -0.1) is 0 Å². The Morgan fingerprint density at radius 1 is 1.41 bits per heavy atom. The maximum atomic E-state index is 10.9. The van der Waals surface area contributed by atoms with Gasteiger partial charge in [-0.1, -0.05) is 0 Å². The molecule has 0 aliphatic rings. The van der Waals surface area contributed by atoms with Crippen LogP contribution in [0, 0.1) is 5.41 Å². The van der Waals surface area contributed by atoms with Gasteiger partial charge in [0.05, 0.1) is 6.26 Å². The minimum Gasteiger partial charge on any atom is -0.453 e. The van der Waals surface area contributed by atoms with Gasteiger partial charge >= 0.3 is 10.1 Å². The molecule has 2 rings (SSSR count). The quantitative estimate of drug-likeness (QED) is 0.484. The normalized spacial score (nSPS) is 11.6. The number of furan rings is 1. The van der Waals surface area contributed by atoms with Crippen molar-refractivity contribution in [3.05, 3.63) is 30.0 Å². The molecule has 0 amide bonds. The van der Waals surface area contributed by atoms with Crippen LogP contribution in [-0.4, -0.2) is 20.5 Å². The van der Waals surface area contributed by atoms with E-state index in [2.05, 4.69) is 0 Å². The molecule has 0 aliphatic carbocycles. The van der Waals surface area contributed by atoms with E-state index in [1.54, 1.807) is 12.1 Å². The zero-order chi connectivity index (χ0) is 12.6. The summed E-state index contributed by atoms with van der Waals surface area (Å²) >= 11 is 0. The fraction of sp³-hybridized carbons (Fsp3) is 0.100. The SMILES string of the molecule is CS(=O)(=O)Oc1ccc2cc(C(=N)N)oc2c1. The van der Waals surface area contributed by atoms with E-state index >= 15 is 0 Å². The van der Waals surface area contributed by atoms with Crippen LogP contribution in [0.15, 0.2) is 28.7 Å². The Labute approximate surface area is 97.6 Å². The second-order valence-electron chi connectivity index (χ2n) is 3.51. The van der Waals surface area contributed by atoms with Crippen molar-refractivity contribution in [2.45, 2.75) is 0 Å². The molecule has 0 unspecified atom stereocenters. The minimum atomic E-state index is -3.56. The minimum absolute atomic E-state index is 0.157. The number of nitrogens with two attached hydrogens (primary N) is 1. The Kier molecular flexibility index (Phi) is 2.55. The lowest BCUT2D eigenvalue weighted by Gasteiger charge is -2.01. The van der Waals surface area contributed by atoms with Crippen LogP contribution in [0.1, 0.15) is 5.76 Å². The third-order valence-corrected chi connectivity index (χ3v) is 2.50.